The van der Waals surface area contributed by atoms with Gasteiger partial charge in [0.15, 0.2) is 0 Å². The molecule has 0 aliphatic carbocycles. The first-order valence-electron chi connectivity index (χ1n) is 13.7. The molecule has 6 aromatic carbocycles. The fraction of sp³-hybridized carbons (Fsp3) is 0. The number of para-hydroxylation sites is 5. The third kappa shape index (κ3) is 2.43. The van der Waals surface area contributed by atoms with Crippen molar-refractivity contribution in [3.63, 3.8) is 0 Å². The highest BCUT2D eigenvalue weighted by molar-refractivity contribution is 6.99. The maximum Gasteiger partial charge on any atom is 0.256 e. The molecule has 0 atom stereocenters. The molecule has 4 heteroatoms. The molecule has 0 amide bonds. The predicted molar refractivity (Wildman–Crippen MR) is 165 cm³/mol. The summed E-state index contributed by atoms with van der Waals surface area (Å²) < 4.78 is 15.8. The van der Waals surface area contributed by atoms with E-state index in [-0.39, 0.29) is 6.71 Å². The van der Waals surface area contributed by atoms with Crippen molar-refractivity contribution in [1.82, 2.24) is 4.57 Å². The van der Waals surface area contributed by atoms with Crippen molar-refractivity contribution >= 4 is 66.8 Å². The molecule has 0 saturated carbocycles. The SMILES string of the molecule is c1ccc2c(c1)B1c3cccc(-c4cccc5c4oc4ccccc45)c3Oc3ccc4c5ccccc5n-2c4c31. The molecule has 0 saturated heterocycles. The number of furan rings is 1. The Balaban J connectivity index is 1.31. The number of hydrogen-bond donors (Lipinski definition) is 0. The van der Waals surface area contributed by atoms with Gasteiger partial charge in [0.2, 0.25) is 0 Å². The molecule has 2 aliphatic heterocycles. The summed E-state index contributed by atoms with van der Waals surface area (Å²) in [6, 6.07) is 43.2. The summed E-state index contributed by atoms with van der Waals surface area (Å²) in [5, 5.41) is 4.79. The van der Waals surface area contributed by atoms with Crippen molar-refractivity contribution in [1.29, 1.82) is 0 Å². The van der Waals surface area contributed by atoms with Crippen LogP contribution in [0.25, 0.3) is 60.6 Å². The Morgan fingerprint density at radius 1 is 0.550 bits per heavy atom. The third-order valence-corrected chi connectivity index (χ3v) is 8.88. The van der Waals surface area contributed by atoms with Gasteiger partial charge in [0.05, 0.1) is 11.0 Å². The maximum atomic E-state index is 6.91. The Bertz CT molecular complexity index is 2380. The molecule has 10 rings (SSSR count). The van der Waals surface area contributed by atoms with E-state index in [4.69, 9.17) is 9.15 Å². The van der Waals surface area contributed by atoms with Crippen LogP contribution in [-0.4, -0.2) is 11.3 Å². The van der Waals surface area contributed by atoms with E-state index in [0.29, 0.717) is 0 Å². The minimum absolute atomic E-state index is 0.0743. The molecule has 0 unspecified atom stereocenters. The van der Waals surface area contributed by atoms with Gasteiger partial charge in [-0.1, -0.05) is 91.0 Å². The van der Waals surface area contributed by atoms with E-state index in [1.54, 1.807) is 0 Å². The molecule has 8 aromatic rings. The number of rotatable bonds is 1. The van der Waals surface area contributed by atoms with Crippen molar-refractivity contribution < 1.29 is 9.15 Å². The van der Waals surface area contributed by atoms with Gasteiger partial charge in [0.1, 0.15) is 22.7 Å². The molecule has 0 N–H and O–H groups in total. The summed E-state index contributed by atoms with van der Waals surface area (Å²) in [5.74, 6) is 1.83. The largest absolute Gasteiger partial charge is 0.458 e. The van der Waals surface area contributed by atoms with Crippen molar-refractivity contribution in [2.45, 2.75) is 0 Å². The lowest BCUT2D eigenvalue weighted by atomic mass is 9.34. The van der Waals surface area contributed by atoms with E-state index in [9.17, 15) is 0 Å². The summed E-state index contributed by atoms with van der Waals surface area (Å²) in [7, 11) is 0. The quantitative estimate of drug-likeness (QED) is 0.218. The van der Waals surface area contributed by atoms with Crippen LogP contribution in [0.2, 0.25) is 0 Å². The van der Waals surface area contributed by atoms with Crippen LogP contribution in [0.1, 0.15) is 0 Å². The summed E-state index contributed by atoms with van der Waals surface area (Å²) in [5.41, 5.74) is 11.3. The summed E-state index contributed by atoms with van der Waals surface area (Å²) in [4.78, 5) is 0. The summed E-state index contributed by atoms with van der Waals surface area (Å²) in [6.45, 7) is 0.0743. The van der Waals surface area contributed by atoms with Gasteiger partial charge in [0.25, 0.3) is 6.71 Å². The molecule has 2 aliphatic rings. The zero-order valence-corrected chi connectivity index (χ0v) is 21.4. The molecule has 0 bridgehead atoms. The van der Waals surface area contributed by atoms with Crippen molar-refractivity contribution in [2.24, 2.45) is 0 Å². The average molecular weight is 509 g/mol. The Labute approximate surface area is 229 Å². The first-order chi connectivity index (χ1) is 19.9. The minimum atomic E-state index is 0.0743. The fourth-order valence-corrected chi connectivity index (χ4v) is 7.27. The van der Waals surface area contributed by atoms with Crippen LogP contribution in [0.15, 0.2) is 126 Å². The smallest absolute Gasteiger partial charge is 0.256 e. The first kappa shape index (κ1) is 20.7. The van der Waals surface area contributed by atoms with E-state index in [1.807, 2.05) is 12.1 Å². The number of hydrogen-bond acceptors (Lipinski definition) is 2. The highest BCUT2D eigenvalue weighted by Gasteiger charge is 2.41. The predicted octanol–water partition coefficient (Wildman–Crippen LogP) is 7.29. The first-order valence-corrected chi connectivity index (χ1v) is 13.7. The van der Waals surface area contributed by atoms with E-state index >= 15 is 0 Å². The van der Waals surface area contributed by atoms with Crippen molar-refractivity contribution in [2.75, 3.05) is 0 Å². The van der Waals surface area contributed by atoms with Crippen molar-refractivity contribution in [3.8, 4) is 28.3 Å². The number of nitrogens with zero attached hydrogens (tertiary/aromatic N) is 1. The number of fused-ring (bicyclic) bond motifs is 11. The molecule has 0 spiro atoms. The van der Waals surface area contributed by atoms with Gasteiger partial charge in [-0.15, -0.1) is 0 Å². The van der Waals surface area contributed by atoms with E-state index in [2.05, 4.69) is 114 Å². The van der Waals surface area contributed by atoms with Gasteiger partial charge in [-0.05, 0) is 46.7 Å². The van der Waals surface area contributed by atoms with Gasteiger partial charge in [-0.3, -0.25) is 0 Å². The second-order valence-electron chi connectivity index (χ2n) is 10.8. The zero-order valence-electron chi connectivity index (χ0n) is 21.4. The molecule has 0 fully saturated rings. The fourth-order valence-electron chi connectivity index (χ4n) is 7.27. The monoisotopic (exact) mass is 509 g/mol. The van der Waals surface area contributed by atoms with Gasteiger partial charge in [0, 0.05) is 38.4 Å². The molecule has 4 heterocycles. The highest BCUT2D eigenvalue weighted by atomic mass is 16.5. The molecule has 40 heavy (non-hydrogen) atoms. The lowest BCUT2D eigenvalue weighted by Gasteiger charge is -2.33. The average Bonchev–Trinajstić information content (AvgIpc) is 3.56. The van der Waals surface area contributed by atoms with Crippen LogP contribution in [0.4, 0.5) is 0 Å². The molecule has 184 valence electrons. The second-order valence-corrected chi connectivity index (χ2v) is 10.8. The minimum Gasteiger partial charge on any atom is -0.458 e. The maximum absolute atomic E-state index is 6.91. The van der Waals surface area contributed by atoms with Gasteiger partial charge in [-0.25, -0.2) is 0 Å². The van der Waals surface area contributed by atoms with Crippen LogP contribution in [0.5, 0.6) is 11.5 Å². The van der Waals surface area contributed by atoms with Crippen LogP contribution in [0.3, 0.4) is 0 Å². The van der Waals surface area contributed by atoms with Crippen molar-refractivity contribution in [3.05, 3.63) is 121 Å². The molecule has 0 radical (unpaired) electrons. The van der Waals surface area contributed by atoms with Gasteiger partial charge in [-0.2, -0.15) is 0 Å². The Kier molecular flexibility index (Phi) is 3.75. The van der Waals surface area contributed by atoms with Gasteiger partial charge < -0.3 is 13.7 Å². The van der Waals surface area contributed by atoms with Crippen LogP contribution < -0.4 is 21.1 Å². The Hall–Kier alpha value is -5.22. The van der Waals surface area contributed by atoms with Crippen LogP contribution >= 0.6 is 0 Å². The number of benzene rings is 6. The van der Waals surface area contributed by atoms with Crippen LogP contribution in [-0.2, 0) is 0 Å². The molecular formula is C36H20BNO2. The van der Waals surface area contributed by atoms with E-state index in [1.165, 1.54) is 43.9 Å². The number of ether oxygens (including phenoxy) is 1. The lowest BCUT2D eigenvalue weighted by molar-refractivity contribution is 0.489. The Morgan fingerprint density at radius 3 is 2.27 bits per heavy atom. The number of aromatic nitrogens is 1. The Morgan fingerprint density at radius 2 is 1.30 bits per heavy atom. The summed E-state index contributed by atoms with van der Waals surface area (Å²) in [6.07, 6.45) is 0. The summed E-state index contributed by atoms with van der Waals surface area (Å²) >= 11 is 0. The third-order valence-electron chi connectivity index (χ3n) is 8.88. The van der Waals surface area contributed by atoms with Gasteiger partial charge >= 0.3 is 0 Å². The topological polar surface area (TPSA) is 27.3 Å². The standard InChI is InChI=1S/C36H20BNO2/c1-4-16-29-21(9-1)23-19-20-32-33-34(23)38(29)30-17-5-3-14-27(30)37(33)28-15-8-13-26(36(28)40-32)25-12-7-11-24-22-10-2-6-18-31(22)39-35(24)25/h1-20H. The normalized spacial score (nSPS) is 13.2. The second kappa shape index (κ2) is 7.25. The van der Waals surface area contributed by atoms with E-state index in [0.717, 1.165) is 44.6 Å². The zero-order chi connectivity index (χ0) is 25.9. The molecule has 2 aromatic heterocycles. The lowest BCUT2D eigenvalue weighted by Crippen LogP contribution is -2.58. The van der Waals surface area contributed by atoms with E-state index < -0.39 is 0 Å². The van der Waals surface area contributed by atoms with Crippen LogP contribution in [0, 0.1) is 0 Å². The molecular weight excluding hydrogens is 489 g/mol. The molecule has 3 nitrogen and oxygen atoms in total. The highest BCUT2D eigenvalue weighted by Crippen LogP contribution is 2.43.